The molecule has 0 atom stereocenters. The van der Waals surface area contributed by atoms with E-state index in [9.17, 15) is 14.7 Å². The van der Waals surface area contributed by atoms with E-state index in [1.807, 2.05) is 68.5 Å². The maximum atomic E-state index is 13.0. The number of aromatic hydroxyl groups is 1. The minimum absolute atomic E-state index is 0.0391. The van der Waals surface area contributed by atoms with Gasteiger partial charge in [0.05, 0.1) is 5.52 Å². The first kappa shape index (κ1) is 23.4. The number of hydrogen-bond donors (Lipinski definition) is 3. The molecule has 174 valence electrons. The molecule has 0 saturated heterocycles. The van der Waals surface area contributed by atoms with Gasteiger partial charge in [0.15, 0.2) is 5.69 Å². The first-order valence-corrected chi connectivity index (χ1v) is 11.0. The zero-order valence-corrected chi connectivity index (χ0v) is 19.3. The van der Waals surface area contributed by atoms with Gasteiger partial charge in [-0.25, -0.2) is 0 Å². The van der Waals surface area contributed by atoms with Gasteiger partial charge in [-0.1, -0.05) is 66.2 Å². The van der Waals surface area contributed by atoms with E-state index in [2.05, 4.69) is 20.5 Å². The van der Waals surface area contributed by atoms with Gasteiger partial charge in [0.1, 0.15) is 5.70 Å². The number of rotatable bonds is 6. The van der Waals surface area contributed by atoms with Crippen molar-refractivity contribution in [3.05, 3.63) is 113 Å². The second-order valence-electron chi connectivity index (χ2n) is 8.05. The molecule has 2 amide bonds. The summed E-state index contributed by atoms with van der Waals surface area (Å²) in [6, 6.07) is 23.7. The highest BCUT2D eigenvalue weighted by atomic mass is 16.3. The number of amides is 2. The van der Waals surface area contributed by atoms with Crippen LogP contribution in [0, 0.1) is 6.92 Å². The Labute approximate surface area is 202 Å². The Morgan fingerprint density at radius 2 is 1.66 bits per heavy atom. The van der Waals surface area contributed by atoms with E-state index in [1.165, 1.54) is 0 Å². The summed E-state index contributed by atoms with van der Waals surface area (Å²) >= 11 is 0. The zero-order chi connectivity index (χ0) is 24.8. The van der Waals surface area contributed by atoms with Crippen LogP contribution in [0.25, 0.3) is 17.0 Å². The van der Waals surface area contributed by atoms with Crippen molar-refractivity contribution in [1.82, 2.24) is 10.3 Å². The van der Waals surface area contributed by atoms with Crippen molar-refractivity contribution in [3.8, 4) is 5.88 Å². The van der Waals surface area contributed by atoms with Gasteiger partial charge in [0.25, 0.3) is 5.91 Å². The second kappa shape index (κ2) is 10.4. The molecular formula is C28H24N4O3. The molecule has 0 saturated carbocycles. The third-order valence-electron chi connectivity index (χ3n) is 5.23. The van der Waals surface area contributed by atoms with E-state index < -0.39 is 11.8 Å². The third kappa shape index (κ3) is 5.78. The fourth-order valence-electron chi connectivity index (χ4n) is 3.54. The van der Waals surface area contributed by atoms with Gasteiger partial charge >= 0.3 is 5.91 Å². The number of benzene rings is 3. The second-order valence-corrected chi connectivity index (χ2v) is 8.05. The molecule has 0 fully saturated rings. The molecule has 1 heterocycles. The van der Waals surface area contributed by atoms with E-state index in [4.69, 9.17) is 0 Å². The number of carbonyl (C=O) groups excluding carboxylic acids is 2. The predicted molar refractivity (Wildman–Crippen MR) is 136 cm³/mol. The number of nitrogens with zero attached hydrogens (tertiary/aromatic N) is 2. The first-order chi connectivity index (χ1) is 16.9. The summed E-state index contributed by atoms with van der Waals surface area (Å²) in [7, 11) is 0. The number of azo groups is 1. The number of nitrogens with one attached hydrogen (secondary N) is 2. The van der Waals surface area contributed by atoms with Crippen molar-refractivity contribution in [1.29, 1.82) is 0 Å². The first-order valence-electron chi connectivity index (χ1n) is 11.0. The van der Waals surface area contributed by atoms with Gasteiger partial charge in [0, 0.05) is 10.9 Å². The maximum absolute atomic E-state index is 13.0. The number of hydrogen-bond acceptors (Lipinski definition) is 4. The summed E-state index contributed by atoms with van der Waals surface area (Å²) in [6.07, 6.45) is 3.43. The van der Waals surface area contributed by atoms with Crippen molar-refractivity contribution in [3.63, 3.8) is 0 Å². The molecule has 7 nitrogen and oxygen atoms in total. The number of carbonyl (C=O) groups is 2. The van der Waals surface area contributed by atoms with Gasteiger partial charge in [-0.15, -0.1) is 10.2 Å². The van der Waals surface area contributed by atoms with Crippen LogP contribution in [0.5, 0.6) is 5.88 Å². The largest absolute Gasteiger partial charge is 0.493 e. The van der Waals surface area contributed by atoms with Gasteiger partial charge in [-0.3, -0.25) is 9.59 Å². The average Bonchev–Trinajstić information content (AvgIpc) is 3.17. The molecule has 0 spiro atoms. The Balaban J connectivity index is 1.66. The van der Waals surface area contributed by atoms with E-state index in [0.717, 1.165) is 16.7 Å². The number of fused-ring (bicyclic) bond motifs is 1. The SMILES string of the molecule is CC(/C=C(\NC(=O)c1ccccc1)C(=O)N=Nc1c(O)[nH]c2ccc(C)cc12)=C\c1ccccc1. The number of aromatic nitrogens is 1. The topological polar surface area (TPSA) is 107 Å². The van der Waals surface area contributed by atoms with Crippen molar-refractivity contribution in [2.75, 3.05) is 0 Å². The molecule has 4 rings (SSSR count). The molecule has 0 unspecified atom stereocenters. The third-order valence-corrected chi connectivity index (χ3v) is 5.23. The van der Waals surface area contributed by atoms with Crippen molar-refractivity contribution >= 4 is 34.5 Å². The van der Waals surface area contributed by atoms with Crippen molar-refractivity contribution < 1.29 is 14.7 Å². The molecule has 3 N–H and O–H groups in total. The van der Waals surface area contributed by atoms with Crippen LogP contribution in [0.3, 0.4) is 0 Å². The lowest BCUT2D eigenvalue weighted by Gasteiger charge is -2.07. The zero-order valence-electron chi connectivity index (χ0n) is 19.3. The van der Waals surface area contributed by atoms with Crippen LogP contribution in [0.2, 0.25) is 0 Å². The Morgan fingerprint density at radius 3 is 2.37 bits per heavy atom. The minimum Gasteiger partial charge on any atom is -0.493 e. The van der Waals surface area contributed by atoms with Crippen molar-refractivity contribution in [2.24, 2.45) is 10.2 Å². The van der Waals surface area contributed by atoms with Crippen LogP contribution in [0.4, 0.5) is 5.69 Å². The maximum Gasteiger partial charge on any atom is 0.311 e. The lowest BCUT2D eigenvalue weighted by Crippen LogP contribution is -2.26. The molecule has 0 aliphatic heterocycles. The standard InChI is InChI=1S/C28H24N4O3/c1-18-13-14-23-22(16-18)25(28(35)29-23)31-32-27(34)24(30-26(33)21-11-7-4-8-12-21)17-19(2)15-20-9-5-3-6-10-20/h3-17,29,35H,1-2H3,(H,30,33)/b19-15+,24-17-,32-31?. The number of aryl methyl sites for hydroxylation is 1. The molecular weight excluding hydrogens is 440 g/mol. The fourth-order valence-corrected chi connectivity index (χ4v) is 3.54. The van der Waals surface area contributed by atoms with E-state index >= 15 is 0 Å². The van der Waals surface area contributed by atoms with Crippen LogP contribution in [-0.2, 0) is 4.79 Å². The Morgan fingerprint density at radius 1 is 0.971 bits per heavy atom. The van der Waals surface area contributed by atoms with Gasteiger partial charge in [0.2, 0.25) is 5.88 Å². The summed E-state index contributed by atoms with van der Waals surface area (Å²) in [6.45, 7) is 3.73. The highest BCUT2D eigenvalue weighted by Gasteiger charge is 2.16. The minimum atomic E-state index is -0.753. The van der Waals surface area contributed by atoms with Gasteiger partial charge in [-0.05, 0) is 55.3 Å². The fraction of sp³-hybridized carbons (Fsp3) is 0.0714. The van der Waals surface area contributed by atoms with Gasteiger partial charge < -0.3 is 15.4 Å². The smallest absolute Gasteiger partial charge is 0.311 e. The molecule has 1 aromatic heterocycles. The van der Waals surface area contributed by atoms with E-state index in [0.29, 0.717) is 16.5 Å². The van der Waals surface area contributed by atoms with E-state index in [-0.39, 0.29) is 17.3 Å². The van der Waals surface area contributed by atoms with E-state index in [1.54, 1.807) is 36.4 Å². The predicted octanol–water partition coefficient (Wildman–Crippen LogP) is 6.21. The normalized spacial score (nSPS) is 12.3. The van der Waals surface area contributed by atoms with Crippen LogP contribution in [0.15, 0.2) is 106 Å². The number of allylic oxidation sites excluding steroid dienone is 2. The molecule has 4 aromatic rings. The Hall–Kier alpha value is -4.78. The lowest BCUT2D eigenvalue weighted by molar-refractivity contribution is -0.115. The Bertz CT molecular complexity index is 1470. The highest BCUT2D eigenvalue weighted by Crippen LogP contribution is 2.36. The van der Waals surface area contributed by atoms with Crippen LogP contribution >= 0.6 is 0 Å². The van der Waals surface area contributed by atoms with Crippen LogP contribution in [-0.4, -0.2) is 21.9 Å². The van der Waals surface area contributed by atoms with Crippen molar-refractivity contribution in [2.45, 2.75) is 13.8 Å². The van der Waals surface area contributed by atoms with Crippen LogP contribution in [0.1, 0.15) is 28.4 Å². The monoisotopic (exact) mass is 464 g/mol. The summed E-state index contributed by atoms with van der Waals surface area (Å²) in [4.78, 5) is 28.6. The summed E-state index contributed by atoms with van der Waals surface area (Å²) in [5.74, 6) is -1.39. The summed E-state index contributed by atoms with van der Waals surface area (Å²) in [5.41, 5.74) is 3.83. The summed E-state index contributed by atoms with van der Waals surface area (Å²) in [5, 5.41) is 21.4. The number of H-pyrrole nitrogens is 1. The molecule has 0 radical (unpaired) electrons. The molecule has 0 aliphatic rings. The number of aromatic amines is 1. The lowest BCUT2D eigenvalue weighted by atomic mass is 10.1. The van der Waals surface area contributed by atoms with Gasteiger partial charge in [-0.2, -0.15) is 0 Å². The van der Waals surface area contributed by atoms with Crippen LogP contribution < -0.4 is 5.32 Å². The molecule has 0 aliphatic carbocycles. The summed E-state index contributed by atoms with van der Waals surface area (Å²) < 4.78 is 0. The average molecular weight is 465 g/mol. The molecule has 0 bridgehead atoms. The highest BCUT2D eigenvalue weighted by molar-refractivity contribution is 6.03. The molecule has 35 heavy (non-hydrogen) atoms. The molecule has 7 heteroatoms. The molecule has 3 aromatic carbocycles. The Kier molecular flexibility index (Phi) is 6.97. The quantitative estimate of drug-likeness (QED) is 0.179.